The van der Waals surface area contributed by atoms with E-state index in [1.165, 1.54) is 16.9 Å². The number of H-pyrrole nitrogens is 1. The number of fused-ring (bicyclic) bond motifs is 4. The average Bonchev–Trinajstić information content (AvgIpc) is 3.58. The van der Waals surface area contributed by atoms with Gasteiger partial charge in [0.2, 0.25) is 5.01 Å². The van der Waals surface area contributed by atoms with Crippen molar-refractivity contribution in [1.29, 1.82) is 0 Å². The summed E-state index contributed by atoms with van der Waals surface area (Å²) in [6.45, 7) is 1.44. The number of carboxylic acid groups (broad SMARTS) is 1. The van der Waals surface area contributed by atoms with Gasteiger partial charge in [-0.2, -0.15) is 5.10 Å². The number of likely N-dealkylation sites (N-methyl/N-ethyl adjacent to an activating group) is 1. The number of aromatic nitrogens is 3. The molecule has 0 saturated heterocycles. The van der Waals surface area contributed by atoms with Gasteiger partial charge in [0.05, 0.1) is 18.5 Å². The maximum atomic E-state index is 11.1. The maximum absolute atomic E-state index is 11.1. The van der Waals surface area contributed by atoms with E-state index in [1.807, 2.05) is 43.6 Å². The zero-order valence-corrected chi connectivity index (χ0v) is 19.4. The third kappa shape index (κ3) is 4.52. The standard InChI is InChI=1S/C15H11N3O3S.C10H13NO/c19-15(20)14-18-13-10-2-1-8(9-6-16-17-7-9)5-11(10)21-4-3-12(13)22-14;1-11-7-9-6-8-4-2-3-5-10(8)12-9/h1-2,5-7H,3-4H2,(H,16,17)(H,19,20);2-5,9,11H,6-7H2,1H3/t;9-/m.1/s1. The van der Waals surface area contributed by atoms with Gasteiger partial charge in [-0.1, -0.05) is 24.3 Å². The summed E-state index contributed by atoms with van der Waals surface area (Å²) < 4.78 is 11.5. The van der Waals surface area contributed by atoms with Crippen molar-refractivity contribution in [2.24, 2.45) is 0 Å². The Morgan fingerprint density at radius 2 is 2.12 bits per heavy atom. The lowest BCUT2D eigenvalue weighted by atomic mass is 10.0. The highest BCUT2D eigenvalue weighted by Crippen LogP contribution is 2.39. The van der Waals surface area contributed by atoms with E-state index >= 15 is 0 Å². The van der Waals surface area contributed by atoms with Crippen LogP contribution in [0.15, 0.2) is 54.9 Å². The predicted molar refractivity (Wildman–Crippen MR) is 130 cm³/mol. The molecule has 2 aromatic carbocycles. The number of ether oxygens (including phenoxy) is 2. The van der Waals surface area contributed by atoms with Crippen LogP contribution in [0, 0.1) is 0 Å². The smallest absolute Gasteiger partial charge is 0.365 e. The fraction of sp³-hybridized carbons (Fsp3) is 0.240. The first kappa shape index (κ1) is 22.1. The number of benzene rings is 2. The van der Waals surface area contributed by atoms with E-state index in [0.29, 0.717) is 24.8 Å². The van der Waals surface area contributed by atoms with Crippen molar-refractivity contribution >= 4 is 17.3 Å². The largest absolute Gasteiger partial charge is 0.492 e. The quantitative estimate of drug-likeness (QED) is 0.408. The molecule has 9 heteroatoms. The van der Waals surface area contributed by atoms with Gasteiger partial charge in [0.1, 0.15) is 17.6 Å². The number of carbonyl (C=O) groups is 1. The van der Waals surface area contributed by atoms with E-state index < -0.39 is 5.97 Å². The zero-order valence-electron chi connectivity index (χ0n) is 18.6. The highest BCUT2D eigenvalue weighted by Gasteiger charge is 2.23. The first-order chi connectivity index (χ1) is 16.6. The molecule has 0 amide bonds. The average molecular weight is 477 g/mol. The van der Waals surface area contributed by atoms with E-state index in [0.717, 1.165) is 46.0 Å². The van der Waals surface area contributed by atoms with E-state index in [1.54, 1.807) is 6.20 Å². The van der Waals surface area contributed by atoms with Crippen LogP contribution in [-0.4, -0.2) is 52.6 Å². The topological polar surface area (TPSA) is 109 Å². The Morgan fingerprint density at radius 3 is 2.88 bits per heavy atom. The SMILES string of the molecule is CNC[C@H]1Cc2ccccc2O1.O=C(O)c1nc2c(s1)CCOc1cc(-c3cn[nH]c3)ccc1-2. The normalized spacial score (nSPS) is 15.5. The van der Waals surface area contributed by atoms with Crippen molar-refractivity contribution in [3.63, 3.8) is 0 Å². The van der Waals surface area contributed by atoms with Crippen molar-refractivity contribution < 1.29 is 19.4 Å². The third-order valence-electron chi connectivity index (χ3n) is 5.68. The number of carboxylic acids is 1. The maximum Gasteiger partial charge on any atom is 0.365 e. The van der Waals surface area contributed by atoms with Gasteiger partial charge in [0.25, 0.3) is 0 Å². The van der Waals surface area contributed by atoms with Gasteiger partial charge in [0.15, 0.2) is 0 Å². The highest BCUT2D eigenvalue weighted by atomic mass is 32.1. The van der Waals surface area contributed by atoms with Crippen LogP contribution in [0.5, 0.6) is 11.5 Å². The molecular formula is C25H24N4O4S. The molecule has 0 bridgehead atoms. The lowest BCUT2D eigenvalue weighted by Crippen LogP contribution is -2.27. The van der Waals surface area contributed by atoms with Gasteiger partial charge in [-0.15, -0.1) is 11.3 Å². The Morgan fingerprint density at radius 1 is 1.24 bits per heavy atom. The summed E-state index contributed by atoms with van der Waals surface area (Å²) in [6, 6.07) is 14.1. The molecule has 34 heavy (non-hydrogen) atoms. The molecule has 8 nitrogen and oxygen atoms in total. The minimum absolute atomic E-state index is 0.122. The fourth-order valence-corrected chi connectivity index (χ4v) is 4.99. The lowest BCUT2D eigenvalue weighted by molar-refractivity contribution is 0.0696. The Balaban J connectivity index is 0.000000169. The van der Waals surface area contributed by atoms with Crippen LogP contribution in [0.3, 0.4) is 0 Å². The molecule has 2 aliphatic rings. The molecule has 2 aliphatic heterocycles. The fourth-order valence-electron chi connectivity index (χ4n) is 4.10. The van der Waals surface area contributed by atoms with E-state index in [2.05, 4.69) is 32.6 Å². The van der Waals surface area contributed by atoms with Gasteiger partial charge in [0, 0.05) is 41.6 Å². The van der Waals surface area contributed by atoms with E-state index in [4.69, 9.17) is 14.6 Å². The summed E-state index contributed by atoms with van der Waals surface area (Å²) in [5.74, 6) is 0.785. The number of thiazole rings is 1. The third-order valence-corrected chi connectivity index (χ3v) is 6.78. The Labute approximate surface area is 200 Å². The van der Waals surface area contributed by atoms with Crippen LogP contribution >= 0.6 is 11.3 Å². The van der Waals surface area contributed by atoms with Crippen molar-refractivity contribution in [3.8, 4) is 33.9 Å². The number of aromatic amines is 1. The van der Waals surface area contributed by atoms with Gasteiger partial charge in [-0.05, 0) is 36.4 Å². The van der Waals surface area contributed by atoms with Crippen LogP contribution in [0.1, 0.15) is 20.2 Å². The molecule has 0 spiro atoms. The van der Waals surface area contributed by atoms with Crippen molar-refractivity contribution in [2.45, 2.75) is 18.9 Å². The minimum Gasteiger partial charge on any atom is -0.492 e. The monoisotopic (exact) mass is 476 g/mol. The zero-order chi connectivity index (χ0) is 23.5. The van der Waals surface area contributed by atoms with Crippen LogP contribution in [0.4, 0.5) is 0 Å². The Bertz CT molecular complexity index is 1280. The number of nitrogens with one attached hydrogen (secondary N) is 2. The molecule has 6 rings (SSSR count). The number of aromatic carboxylic acids is 1. The summed E-state index contributed by atoms with van der Waals surface area (Å²) in [4.78, 5) is 16.3. The summed E-state index contributed by atoms with van der Waals surface area (Å²) in [5, 5.41) is 19.1. The molecule has 0 aliphatic carbocycles. The summed E-state index contributed by atoms with van der Waals surface area (Å²) in [7, 11) is 1.95. The number of para-hydroxylation sites is 1. The molecule has 1 atom stereocenters. The highest BCUT2D eigenvalue weighted by molar-refractivity contribution is 7.14. The second kappa shape index (κ2) is 9.66. The summed E-state index contributed by atoms with van der Waals surface area (Å²) in [5.41, 5.74) is 4.85. The first-order valence-electron chi connectivity index (χ1n) is 11.0. The second-order valence-electron chi connectivity index (χ2n) is 8.00. The van der Waals surface area contributed by atoms with Crippen LogP contribution in [-0.2, 0) is 12.8 Å². The molecule has 0 radical (unpaired) electrons. The minimum atomic E-state index is -0.990. The van der Waals surface area contributed by atoms with E-state index in [-0.39, 0.29) is 5.01 Å². The number of hydrogen-bond donors (Lipinski definition) is 3. The molecule has 0 unspecified atom stereocenters. The van der Waals surface area contributed by atoms with Gasteiger partial charge in [-0.25, -0.2) is 9.78 Å². The van der Waals surface area contributed by atoms with Gasteiger partial charge < -0.3 is 19.9 Å². The van der Waals surface area contributed by atoms with Crippen LogP contribution < -0.4 is 14.8 Å². The van der Waals surface area contributed by atoms with Crippen LogP contribution in [0.2, 0.25) is 0 Å². The van der Waals surface area contributed by atoms with Crippen molar-refractivity contribution in [1.82, 2.24) is 20.5 Å². The molecular weight excluding hydrogens is 452 g/mol. The molecule has 174 valence electrons. The second-order valence-corrected chi connectivity index (χ2v) is 9.09. The molecule has 3 N–H and O–H groups in total. The first-order valence-corrected chi connectivity index (χ1v) is 11.8. The van der Waals surface area contributed by atoms with Crippen LogP contribution in [0.25, 0.3) is 22.4 Å². The summed E-state index contributed by atoms with van der Waals surface area (Å²) in [6.07, 6.45) is 5.59. The Hall–Kier alpha value is -3.69. The van der Waals surface area contributed by atoms with Gasteiger partial charge >= 0.3 is 5.97 Å². The molecule has 0 saturated carbocycles. The number of nitrogens with zero attached hydrogens (tertiary/aromatic N) is 2. The van der Waals surface area contributed by atoms with E-state index in [9.17, 15) is 4.79 Å². The van der Waals surface area contributed by atoms with Crippen molar-refractivity contribution in [2.75, 3.05) is 20.2 Å². The van der Waals surface area contributed by atoms with Gasteiger partial charge in [-0.3, -0.25) is 5.10 Å². The Kier molecular flexibility index (Phi) is 6.29. The van der Waals surface area contributed by atoms with Crippen molar-refractivity contribution in [3.05, 3.63) is 70.3 Å². The molecule has 4 heterocycles. The predicted octanol–water partition coefficient (Wildman–Crippen LogP) is 4.04. The lowest BCUT2D eigenvalue weighted by Gasteiger charge is -2.08. The molecule has 2 aromatic heterocycles. The molecule has 4 aromatic rings. The molecule has 0 fully saturated rings. The number of rotatable bonds is 4. The number of hydrogen-bond acceptors (Lipinski definition) is 7. The summed E-state index contributed by atoms with van der Waals surface area (Å²) >= 11 is 1.22.